The number of amides is 2. The predicted molar refractivity (Wildman–Crippen MR) is 139 cm³/mol. The van der Waals surface area contributed by atoms with Gasteiger partial charge in [0.05, 0.1) is 18.1 Å². The fraction of sp³-hybridized carbons (Fsp3) is 0.143. The van der Waals surface area contributed by atoms with Gasteiger partial charge in [-0.3, -0.25) is 9.59 Å². The first-order valence-electron chi connectivity index (χ1n) is 12.0. The van der Waals surface area contributed by atoms with Crippen LogP contribution in [0.25, 0.3) is 11.3 Å². The topological polar surface area (TPSA) is 103 Å². The lowest BCUT2D eigenvalue weighted by molar-refractivity contribution is -0.117. The molecular formula is C28H24N6O3. The van der Waals surface area contributed by atoms with E-state index in [2.05, 4.69) is 20.7 Å². The van der Waals surface area contributed by atoms with Gasteiger partial charge in [0.2, 0.25) is 5.91 Å². The average molecular weight is 493 g/mol. The number of imidazole rings is 1. The van der Waals surface area contributed by atoms with Gasteiger partial charge >= 0.3 is 0 Å². The average Bonchev–Trinajstić information content (AvgIpc) is 3.58. The Hall–Kier alpha value is -4.92. The summed E-state index contributed by atoms with van der Waals surface area (Å²) in [4.78, 5) is 29.2. The molecule has 1 fully saturated rings. The predicted octanol–water partition coefficient (Wildman–Crippen LogP) is 5.22. The van der Waals surface area contributed by atoms with Crippen LogP contribution in [0.3, 0.4) is 0 Å². The maximum atomic E-state index is 12.8. The number of pyridine rings is 1. The van der Waals surface area contributed by atoms with Crippen molar-refractivity contribution in [3.05, 3.63) is 96.6 Å². The van der Waals surface area contributed by atoms with E-state index in [9.17, 15) is 9.59 Å². The number of aryl methyl sites for hydroxylation is 1. The highest BCUT2D eigenvalue weighted by atomic mass is 16.5. The van der Waals surface area contributed by atoms with Crippen LogP contribution in [0.15, 0.2) is 85.2 Å². The molecule has 1 aliphatic rings. The van der Waals surface area contributed by atoms with Gasteiger partial charge in [-0.2, -0.15) is 5.10 Å². The van der Waals surface area contributed by atoms with Crippen LogP contribution in [0.5, 0.6) is 11.5 Å². The number of anilines is 2. The Morgan fingerprint density at radius 3 is 2.43 bits per heavy atom. The highest BCUT2D eigenvalue weighted by Crippen LogP contribution is 2.30. The Morgan fingerprint density at radius 1 is 0.919 bits per heavy atom. The largest absolute Gasteiger partial charge is 0.456 e. The molecule has 0 saturated heterocycles. The van der Waals surface area contributed by atoms with Crippen LogP contribution in [0.1, 0.15) is 29.0 Å². The Morgan fingerprint density at radius 2 is 1.68 bits per heavy atom. The van der Waals surface area contributed by atoms with Gasteiger partial charge in [0, 0.05) is 17.3 Å². The summed E-state index contributed by atoms with van der Waals surface area (Å²) < 4.78 is 9.52. The van der Waals surface area contributed by atoms with Crippen LogP contribution >= 0.6 is 0 Å². The fourth-order valence-electron chi connectivity index (χ4n) is 4.02. The molecule has 0 aliphatic heterocycles. The molecule has 5 aromatic rings. The van der Waals surface area contributed by atoms with Gasteiger partial charge in [-0.25, -0.2) is 9.67 Å². The third-order valence-corrected chi connectivity index (χ3v) is 6.09. The molecule has 2 aromatic carbocycles. The molecule has 2 N–H and O–H groups in total. The number of nitrogens with zero attached hydrogens (tertiary/aromatic N) is 4. The van der Waals surface area contributed by atoms with Crippen molar-refractivity contribution in [1.82, 2.24) is 19.2 Å². The van der Waals surface area contributed by atoms with E-state index in [1.807, 2.05) is 53.8 Å². The molecule has 37 heavy (non-hydrogen) atoms. The molecule has 0 atom stereocenters. The number of carbonyl (C=O) groups excluding carboxylic acids is 2. The monoisotopic (exact) mass is 492 g/mol. The minimum atomic E-state index is -0.290. The number of fused-ring (bicyclic) bond motifs is 1. The molecule has 184 valence electrons. The van der Waals surface area contributed by atoms with Crippen molar-refractivity contribution in [2.45, 2.75) is 19.8 Å². The van der Waals surface area contributed by atoms with Crippen LogP contribution in [-0.2, 0) is 4.79 Å². The zero-order chi connectivity index (χ0) is 25.4. The Kier molecular flexibility index (Phi) is 5.65. The van der Waals surface area contributed by atoms with Gasteiger partial charge in [0.25, 0.3) is 5.91 Å². The maximum Gasteiger partial charge on any atom is 0.276 e. The van der Waals surface area contributed by atoms with E-state index in [1.165, 1.54) is 0 Å². The molecule has 9 nitrogen and oxygen atoms in total. The van der Waals surface area contributed by atoms with Crippen LogP contribution in [0.2, 0.25) is 0 Å². The van der Waals surface area contributed by atoms with Crippen LogP contribution in [0.4, 0.5) is 11.5 Å². The number of para-hydroxylation sites is 1. The lowest BCUT2D eigenvalue weighted by Gasteiger charge is -2.08. The van der Waals surface area contributed by atoms with E-state index >= 15 is 0 Å². The standard InChI is InChI=1S/C28H24N6O3/c1-18-15-24(32-34(18)21-5-3-2-4-6-21)28(36)29-20-9-11-22(12-10-20)37-23-13-14-26-30-25(17-33(26)16-23)31-27(35)19-7-8-19/h2-6,9-17,19H,7-8H2,1H3,(H,29,36)(H,31,35). The van der Waals surface area contributed by atoms with Crippen LogP contribution in [0, 0.1) is 12.8 Å². The van der Waals surface area contributed by atoms with E-state index in [0.29, 0.717) is 34.3 Å². The second-order valence-corrected chi connectivity index (χ2v) is 9.02. The quantitative estimate of drug-likeness (QED) is 0.324. The third kappa shape index (κ3) is 4.92. The Balaban J connectivity index is 1.10. The maximum absolute atomic E-state index is 12.8. The summed E-state index contributed by atoms with van der Waals surface area (Å²) in [5.74, 6) is 1.60. The minimum absolute atomic E-state index is 0.0201. The summed E-state index contributed by atoms with van der Waals surface area (Å²) >= 11 is 0. The fourth-order valence-corrected chi connectivity index (χ4v) is 4.02. The second kappa shape index (κ2) is 9.27. The molecule has 0 spiro atoms. The molecule has 1 aliphatic carbocycles. The van der Waals surface area contributed by atoms with Crippen LogP contribution in [-0.4, -0.2) is 31.0 Å². The molecule has 0 bridgehead atoms. The van der Waals surface area contributed by atoms with E-state index in [0.717, 1.165) is 24.2 Å². The van der Waals surface area contributed by atoms with Crippen molar-refractivity contribution in [2.75, 3.05) is 10.6 Å². The van der Waals surface area contributed by atoms with Gasteiger partial charge in [0.1, 0.15) is 17.1 Å². The van der Waals surface area contributed by atoms with Crippen molar-refractivity contribution in [3.63, 3.8) is 0 Å². The first-order valence-corrected chi connectivity index (χ1v) is 12.0. The zero-order valence-electron chi connectivity index (χ0n) is 20.1. The van der Waals surface area contributed by atoms with Gasteiger partial charge in [-0.1, -0.05) is 18.2 Å². The van der Waals surface area contributed by atoms with E-state index in [1.54, 1.807) is 47.4 Å². The summed E-state index contributed by atoms with van der Waals surface area (Å²) in [7, 11) is 0. The van der Waals surface area contributed by atoms with Crippen molar-refractivity contribution in [2.24, 2.45) is 5.92 Å². The second-order valence-electron chi connectivity index (χ2n) is 9.02. The highest BCUT2D eigenvalue weighted by Gasteiger charge is 2.30. The molecule has 0 unspecified atom stereocenters. The lowest BCUT2D eigenvalue weighted by Crippen LogP contribution is -2.13. The van der Waals surface area contributed by atoms with Crippen molar-refractivity contribution in [1.29, 1.82) is 0 Å². The smallest absolute Gasteiger partial charge is 0.276 e. The van der Waals surface area contributed by atoms with Crippen molar-refractivity contribution < 1.29 is 14.3 Å². The molecule has 1 saturated carbocycles. The number of nitrogens with one attached hydrogen (secondary N) is 2. The number of hydrogen-bond donors (Lipinski definition) is 2. The van der Waals surface area contributed by atoms with E-state index < -0.39 is 0 Å². The lowest BCUT2D eigenvalue weighted by atomic mass is 10.3. The summed E-state index contributed by atoms with van der Waals surface area (Å²) in [5, 5.41) is 10.2. The molecule has 3 aromatic heterocycles. The van der Waals surface area contributed by atoms with Crippen molar-refractivity contribution in [3.8, 4) is 17.2 Å². The van der Waals surface area contributed by atoms with Crippen LogP contribution < -0.4 is 15.4 Å². The first kappa shape index (κ1) is 22.5. The van der Waals surface area contributed by atoms with Gasteiger partial charge in [0.15, 0.2) is 11.5 Å². The summed E-state index contributed by atoms with van der Waals surface area (Å²) in [6.07, 6.45) is 5.45. The first-order chi connectivity index (χ1) is 18.0. The Bertz CT molecular complexity index is 1600. The summed E-state index contributed by atoms with van der Waals surface area (Å²) in [6.45, 7) is 1.91. The van der Waals surface area contributed by atoms with E-state index in [-0.39, 0.29) is 17.7 Å². The molecule has 6 rings (SSSR count). The Labute approximate surface area is 212 Å². The molecule has 9 heteroatoms. The zero-order valence-corrected chi connectivity index (χ0v) is 20.1. The van der Waals surface area contributed by atoms with Gasteiger partial charge in [-0.05, 0) is 74.4 Å². The normalized spacial score (nSPS) is 12.9. The molecule has 2 amide bonds. The molecule has 3 heterocycles. The number of aromatic nitrogens is 4. The summed E-state index contributed by atoms with van der Waals surface area (Å²) in [5.41, 5.74) is 3.44. The molecular weight excluding hydrogens is 468 g/mol. The van der Waals surface area contributed by atoms with Gasteiger partial charge < -0.3 is 19.8 Å². The number of carbonyl (C=O) groups is 2. The molecule has 0 radical (unpaired) electrons. The number of benzene rings is 2. The minimum Gasteiger partial charge on any atom is -0.456 e. The number of rotatable bonds is 7. The van der Waals surface area contributed by atoms with Gasteiger partial charge in [-0.15, -0.1) is 0 Å². The number of hydrogen-bond acceptors (Lipinski definition) is 5. The van der Waals surface area contributed by atoms with Crippen molar-refractivity contribution >= 4 is 29.0 Å². The SMILES string of the molecule is Cc1cc(C(=O)Nc2ccc(Oc3ccc4nc(NC(=O)C5CC5)cn4c3)cc2)nn1-c1ccccc1. The number of ether oxygens (including phenoxy) is 1. The third-order valence-electron chi connectivity index (χ3n) is 6.09. The summed E-state index contributed by atoms with van der Waals surface area (Å²) in [6, 6.07) is 22.2. The van der Waals surface area contributed by atoms with E-state index in [4.69, 9.17) is 4.74 Å². The highest BCUT2D eigenvalue weighted by molar-refractivity contribution is 6.03.